The SMILES string of the molecule is CN=CC(=C(NC)c1ccc(F)cc1)c1ccnc2c1CCC2OC(C)=O. The minimum atomic E-state index is -0.318. The van der Waals surface area contributed by atoms with Crippen LogP contribution in [0.25, 0.3) is 11.3 Å². The molecule has 5 nitrogen and oxygen atoms in total. The van der Waals surface area contributed by atoms with Crippen molar-refractivity contribution in [3.8, 4) is 0 Å². The van der Waals surface area contributed by atoms with Crippen LogP contribution in [0.1, 0.15) is 41.8 Å². The summed E-state index contributed by atoms with van der Waals surface area (Å²) in [6.45, 7) is 1.41. The molecule has 3 rings (SSSR count). The molecule has 0 spiro atoms. The van der Waals surface area contributed by atoms with Crippen LogP contribution in [-0.2, 0) is 16.0 Å². The van der Waals surface area contributed by atoms with Gasteiger partial charge in [-0.2, -0.15) is 0 Å². The van der Waals surface area contributed by atoms with Crippen LogP contribution in [0.2, 0.25) is 0 Å². The number of rotatable bonds is 5. The van der Waals surface area contributed by atoms with E-state index >= 15 is 0 Å². The predicted octanol–water partition coefficient (Wildman–Crippen LogP) is 3.56. The summed E-state index contributed by atoms with van der Waals surface area (Å²) in [4.78, 5) is 20.0. The summed E-state index contributed by atoms with van der Waals surface area (Å²) < 4.78 is 18.7. The van der Waals surface area contributed by atoms with E-state index in [9.17, 15) is 9.18 Å². The standard InChI is InChI=1S/C21H22FN3O2/c1-13(26)27-19-9-8-17-16(10-11-25-21(17)19)18(12-23-2)20(24-3)14-4-6-15(22)7-5-14/h4-7,10-12,19,24H,8-9H2,1-3H3. The number of carbonyl (C=O) groups excluding carboxylic acids is 1. The number of esters is 1. The van der Waals surface area contributed by atoms with E-state index in [1.54, 1.807) is 31.6 Å². The lowest BCUT2D eigenvalue weighted by Gasteiger charge is -2.16. The first-order valence-corrected chi connectivity index (χ1v) is 8.80. The average molecular weight is 367 g/mol. The number of pyridine rings is 1. The van der Waals surface area contributed by atoms with Gasteiger partial charge in [-0.1, -0.05) is 0 Å². The minimum Gasteiger partial charge on any atom is -0.456 e. The Hall–Kier alpha value is -3.02. The summed E-state index contributed by atoms with van der Waals surface area (Å²) in [5, 5.41) is 3.22. The molecular formula is C21H22FN3O2. The summed E-state index contributed by atoms with van der Waals surface area (Å²) in [7, 11) is 3.53. The number of nitrogens with one attached hydrogen (secondary N) is 1. The van der Waals surface area contributed by atoms with E-state index in [0.29, 0.717) is 6.42 Å². The monoisotopic (exact) mass is 367 g/mol. The fraction of sp³-hybridized carbons (Fsp3) is 0.286. The van der Waals surface area contributed by atoms with E-state index in [1.807, 2.05) is 13.1 Å². The van der Waals surface area contributed by atoms with E-state index in [-0.39, 0.29) is 17.9 Å². The Bertz CT molecular complexity index is 904. The van der Waals surface area contributed by atoms with Gasteiger partial charge >= 0.3 is 5.97 Å². The fourth-order valence-corrected chi connectivity index (χ4v) is 3.48. The summed E-state index contributed by atoms with van der Waals surface area (Å²) >= 11 is 0. The number of aliphatic imine (C=N–C) groups is 1. The second-order valence-corrected chi connectivity index (χ2v) is 6.29. The first-order chi connectivity index (χ1) is 13.0. The van der Waals surface area contributed by atoms with Crippen molar-refractivity contribution in [3.63, 3.8) is 0 Å². The van der Waals surface area contributed by atoms with Crippen LogP contribution in [0.3, 0.4) is 0 Å². The molecule has 140 valence electrons. The number of nitrogens with zero attached hydrogens (tertiary/aromatic N) is 2. The lowest BCUT2D eigenvalue weighted by molar-refractivity contribution is -0.146. The van der Waals surface area contributed by atoms with Crippen LogP contribution in [0.4, 0.5) is 4.39 Å². The van der Waals surface area contributed by atoms with E-state index in [0.717, 1.165) is 40.1 Å². The molecule has 1 atom stereocenters. The Morgan fingerprint density at radius 1 is 1.33 bits per heavy atom. The maximum atomic E-state index is 13.3. The van der Waals surface area contributed by atoms with Gasteiger partial charge in [-0.15, -0.1) is 0 Å². The quantitative estimate of drug-likeness (QED) is 0.648. The Morgan fingerprint density at radius 2 is 2.07 bits per heavy atom. The highest BCUT2D eigenvalue weighted by Crippen LogP contribution is 2.37. The van der Waals surface area contributed by atoms with E-state index in [1.165, 1.54) is 19.1 Å². The van der Waals surface area contributed by atoms with Crippen LogP contribution >= 0.6 is 0 Å². The van der Waals surface area contributed by atoms with Crippen LogP contribution in [0.5, 0.6) is 0 Å². The smallest absolute Gasteiger partial charge is 0.303 e. The number of hydrogen-bond acceptors (Lipinski definition) is 5. The average Bonchev–Trinajstić information content (AvgIpc) is 3.05. The van der Waals surface area contributed by atoms with E-state index < -0.39 is 0 Å². The zero-order valence-electron chi connectivity index (χ0n) is 15.6. The third-order valence-electron chi connectivity index (χ3n) is 4.56. The summed E-state index contributed by atoms with van der Waals surface area (Å²) in [6, 6.07) is 8.26. The van der Waals surface area contributed by atoms with Crippen LogP contribution in [0.15, 0.2) is 41.5 Å². The molecule has 1 aliphatic rings. The number of benzene rings is 1. The van der Waals surface area contributed by atoms with Crippen molar-refractivity contribution in [1.82, 2.24) is 10.3 Å². The van der Waals surface area contributed by atoms with Crippen molar-refractivity contribution in [2.45, 2.75) is 25.9 Å². The number of fused-ring (bicyclic) bond motifs is 1. The first kappa shape index (κ1) is 18.8. The van der Waals surface area contributed by atoms with Crippen molar-refractivity contribution in [2.75, 3.05) is 14.1 Å². The van der Waals surface area contributed by atoms with E-state index in [2.05, 4.69) is 15.3 Å². The van der Waals surface area contributed by atoms with Gasteiger partial charge in [-0.25, -0.2) is 4.39 Å². The Balaban J connectivity index is 2.15. The summed E-state index contributed by atoms with van der Waals surface area (Å²) in [5.74, 6) is -0.595. The van der Waals surface area contributed by atoms with Gasteiger partial charge in [0.1, 0.15) is 11.9 Å². The van der Waals surface area contributed by atoms with Crippen LogP contribution in [-0.4, -0.2) is 31.3 Å². The second-order valence-electron chi connectivity index (χ2n) is 6.29. The van der Waals surface area contributed by atoms with Crippen molar-refractivity contribution < 1.29 is 13.9 Å². The lowest BCUT2D eigenvalue weighted by Crippen LogP contribution is -2.11. The summed E-state index contributed by atoms with van der Waals surface area (Å²) in [6.07, 6.45) is 4.65. The Labute approximate surface area is 158 Å². The molecule has 1 aliphatic carbocycles. The normalized spacial score (nSPS) is 16.8. The molecule has 27 heavy (non-hydrogen) atoms. The molecule has 0 saturated carbocycles. The maximum absolute atomic E-state index is 13.3. The molecule has 1 aromatic carbocycles. The highest BCUT2D eigenvalue weighted by atomic mass is 19.1. The van der Waals surface area contributed by atoms with Crippen molar-refractivity contribution in [2.24, 2.45) is 4.99 Å². The number of halogens is 1. The van der Waals surface area contributed by atoms with Crippen LogP contribution in [0, 0.1) is 5.82 Å². The first-order valence-electron chi connectivity index (χ1n) is 8.80. The molecule has 0 saturated heterocycles. The zero-order valence-corrected chi connectivity index (χ0v) is 15.6. The van der Waals surface area contributed by atoms with Crippen molar-refractivity contribution in [1.29, 1.82) is 0 Å². The molecule has 0 aliphatic heterocycles. The molecule has 0 radical (unpaired) electrons. The Kier molecular flexibility index (Phi) is 5.64. The zero-order chi connectivity index (χ0) is 19.4. The van der Waals surface area contributed by atoms with Gasteiger partial charge in [0.2, 0.25) is 0 Å². The second kappa shape index (κ2) is 8.12. The van der Waals surface area contributed by atoms with E-state index in [4.69, 9.17) is 4.74 Å². The number of hydrogen-bond donors (Lipinski definition) is 1. The molecule has 1 unspecified atom stereocenters. The minimum absolute atomic E-state index is 0.283. The van der Waals surface area contributed by atoms with Gasteiger partial charge < -0.3 is 10.1 Å². The highest BCUT2D eigenvalue weighted by molar-refractivity contribution is 6.19. The van der Waals surface area contributed by atoms with Gasteiger partial charge in [-0.3, -0.25) is 14.8 Å². The molecule has 1 heterocycles. The number of carbonyl (C=O) groups is 1. The molecule has 6 heteroatoms. The van der Waals surface area contributed by atoms with Gasteiger partial charge in [0.15, 0.2) is 0 Å². The largest absolute Gasteiger partial charge is 0.456 e. The molecule has 1 N–H and O–H groups in total. The third-order valence-corrected chi connectivity index (χ3v) is 4.56. The molecule has 1 aromatic heterocycles. The van der Waals surface area contributed by atoms with Gasteiger partial charge in [0.25, 0.3) is 0 Å². The molecular weight excluding hydrogens is 345 g/mol. The molecule has 0 fully saturated rings. The molecule has 0 amide bonds. The van der Waals surface area contributed by atoms with Crippen molar-refractivity contribution >= 4 is 23.5 Å². The van der Waals surface area contributed by atoms with Gasteiger partial charge in [-0.05, 0) is 59.9 Å². The topological polar surface area (TPSA) is 63.6 Å². The van der Waals surface area contributed by atoms with Gasteiger partial charge in [0, 0.05) is 39.0 Å². The summed E-state index contributed by atoms with van der Waals surface area (Å²) in [5.41, 5.74) is 5.40. The lowest BCUT2D eigenvalue weighted by atomic mass is 9.96. The highest BCUT2D eigenvalue weighted by Gasteiger charge is 2.29. The number of ether oxygens (including phenoxy) is 1. The molecule has 0 bridgehead atoms. The molecule has 2 aromatic rings. The number of aromatic nitrogens is 1. The maximum Gasteiger partial charge on any atom is 0.303 e. The van der Waals surface area contributed by atoms with Gasteiger partial charge in [0.05, 0.1) is 11.4 Å². The Morgan fingerprint density at radius 3 is 2.70 bits per heavy atom. The predicted molar refractivity (Wildman–Crippen MR) is 104 cm³/mol. The number of allylic oxidation sites excluding steroid dienone is 1. The van der Waals surface area contributed by atoms with Crippen molar-refractivity contribution in [3.05, 3.63) is 64.7 Å². The fourth-order valence-electron chi connectivity index (χ4n) is 3.48. The van der Waals surface area contributed by atoms with Crippen LogP contribution < -0.4 is 5.32 Å². The third kappa shape index (κ3) is 3.89.